The third kappa shape index (κ3) is 6.62. The molecule has 0 saturated carbocycles. The quantitative estimate of drug-likeness (QED) is 0.151. The van der Waals surface area contributed by atoms with Crippen LogP contribution in [0.1, 0.15) is 0 Å². The standard InChI is InChI=1S/C59H37N3O/c1-3-11-38(12-4-1)40-19-27-45(28-20-40)52-37-53(61-59(60-52)48-33-25-41(26-34-48)39-13-5-2-6-14-39)46-29-21-42(22-30-46)43-23-31-47(32-24-43)56-58-55(50-17-9-10-18-54(50)63-58)51-36-35-44-15-7-8-16-49(44)57(51)62-56/h1-37H. The molecule has 4 heteroatoms. The molecule has 0 atom stereocenters. The van der Waals surface area contributed by atoms with Gasteiger partial charge >= 0.3 is 0 Å². The molecule has 0 aliphatic rings. The molecule has 12 aromatic rings. The highest BCUT2D eigenvalue weighted by Gasteiger charge is 2.19. The van der Waals surface area contributed by atoms with Gasteiger partial charge in [-0.15, -0.1) is 0 Å². The van der Waals surface area contributed by atoms with Gasteiger partial charge in [0.25, 0.3) is 0 Å². The minimum atomic E-state index is 0.683. The molecule has 0 saturated heterocycles. The number of fused-ring (bicyclic) bond motifs is 7. The van der Waals surface area contributed by atoms with Crippen LogP contribution >= 0.6 is 0 Å². The zero-order valence-corrected chi connectivity index (χ0v) is 34.1. The number of hydrogen-bond acceptors (Lipinski definition) is 4. The molecule has 3 heterocycles. The van der Waals surface area contributed by atoms with Crippen molar-refractivity contribution in [3.63, 3.8) is 0 Å². The van der Waals surface area contributed by atoms with E-state index in [2.05, 4.69) is 200 Å². The first-order valence-electron chi connectivity index (χ1n) is 21.2. The van der Waals surface area contributed by atoms with Gasteiger partial charge in [0.15, 0.2) is 11.4 Å². The lowest BCUT2D eigenvalue weighted by atomic mass is 9.97. The average Bonchev–Trinajstić information content (AvgIpc) is 3.77. The van der Waals surface area contributed by atoms with Crippen LogP contribution < -0.4 is 0 Å². The van der Waals surface area contributed by atoms with Crippen molar-refractivity contribution in [2.45, 2.75) is 0 Å². The highest BCUT2D eigenvalue weighted by Crippen LogP contribution is 2.41. The van der Waals surface area contributed by atoms with Crippen LogP contribution in [0.2, 0.25) is 0 Å². The Morgan fingerprint density at radius 3 is 1.32 bits per heavy atom. The van der Waals surface area contributed by atoms with E-state index in [-0.39, 0.29) is 0 Å². The van der Waals surface area contributed by atoms with Gasteiger partial charge in [0.05, 0.1) is 16.9 Å². The van der Waals surface area contributed by atoms with E-state index in [9.17, 15) is 0 Å². The largest absolute Gasteiger partial charge is 0.454 e. The molecule has 0 bridgehead atoms. The third-order valence-electron chi connectivity index (χ3n) is 12.1. The van der Waals surface area contributed by atoms with Crippen molar-refractivity contribution in [1.29, 1.82) is 0 Å². The molecule has 12 rings (SSSR count). The number of pyridine rings is 1. The second-order valence-electron chi connectivity index (χ2n) is 15.9. The molecule has 294 valence electrons. The SMILES string of the molecule is c1ccc(-c2ccc(-c3cc(-c4ccc(-c5ccc(-c6nc7c8ccccc8ccc7c7c6oc6ccccc67)cc5)cc4)nc(-c4ccc(-c5ccccc5)cc4)n3)cc2)cc1. The van der Waals surface area contributed by atoms with E-state index < -0.39 is 0 Å². The van der Waals surface area contributed by atoms with Crippen molar-refractivity contribution in [3.05, 3.63) is 224 Å². The second kappa shape index (κ2) is 15.2. The summed E-state index contributed by atoms with van der Waals surface area (Å²) in [7, 11) is 0. The molecule has 63 heavy (non-hydrogen) atoms. The smallest absolute Gasteiger partial charge is 0.162 e. The monoisotopic (exact) mass is 803 g/mol. The molecular weight excluding hydrogens is 767 g/mol. The number of furan rings is 1. The van der Waals surface area contributed by atoms with Crippen molar-refractivity contribution in [2.24, 2.45) is 0 Å². The van der Waals surface area contributed by atoms with Gasteiger partial charge in [0.2, 0.25) is 0 Å². The van der Waals surface area contributed by atoms with E-state index >= 15 is 0 Å². The molecule has 0 aliphatic carbocycles. The van der Waals surface area contributed by atoms with E-state index in [1.165, 1.54) is 22.1 Å². The second-order valence-corrected chi connectivity index (χ2v) is 15.9. The fourth-order valence-electron chi connectivity index (χ4n) is 8.85. The zero-order valence-electron chi connectivity index (χ0n) is 34.1. The summed E-state index contributed by atoms with van der Waals surface area (Å²) < 4.78 is 6.58. The maximum Gasteiger partial charge on any atom is 0.162 e. The molecule has 0 amide bonds. The molecule has 0 fully saturated rings. The van der Waals surface area contributed by atoms with Gasteiger partial charge in [-0.1, -0.05) is 212 Å². The van der Waals surface area contributed by atoms with E-state index in [1.807, 2.05) is 24.3 Å². The molecule has 0 radical (unpaired) electrons. The van der Waals surface area contributed by atoms with Crippen LogP contribution in [0.4, 0.5) is 0 Å². The van der Waals surface area contributed by atoms with Gasteiger partial charge < -0.3 is 4.42 Å². The fraction of sp³-hybridized carbons (Fsp3) is 0. The zero-order chi connectivity index (χ0) is 41.7. The van der Waals surface area contributed by atoms with Gasteiger partial charge in [0, 0.05) is 43.8 Å². The Balaban J connectivity index is 0.901. The Kier molecular flexibility index (Phi) is 8.79. The van der Waals surface area contributed by atoms with Crippen LogP contribution in [0.3, 0.4) is 0 Å². The van der Waals surface area contributed by atoms with Crippen LogP contribution in [0.5, 0.6) is 0 Å². The summed E-state index contributed by atoms with van der Waals surface area (Å²) in [5.41, 5.74) is 16.1. The van der Waals surface area contributed by atoms with Gasteiger partial charge in [0.1, 0.15) is 11.3 Å². The van der Waals surface area contributed by atoms with E-state index in [0.29, 0.717) is 5.82 Å². The van der Waals surface area contributed by atoms with Crippen LogP contribution in [-0.2, 0) is 0 Å². The first kappa shape index (κ1) is 36.4. The third-order valence-corrected chi connectivity index (χ3v) is 12.1. The first-order valence-corrected chi connectivity index (χ1v) is 21.2. The molecule has 0 unspecified atom stereocenters. The van der Waals surface area contributed by atoms with Crippen molar-refractivity contribution < 1.29 is 4.42 Å². The highest BCUT2D eigenvalue weighted by molar-refractivity contribution is 6.24. The summed E-state index contributed by atoms with van der Waals surface area (Å²) in [4.78, 5) is 15.6. The minimum absolute atomic E-state index is 0.683. The molecule has 0 aliphatic heterocycles. The molecule has 0 spiro atoms. The maximum atomic E-state index is 6.58. The molecular formula is C59H37N3O. The van der Waals surface area contributed by atoms with Gasteiger partial charge in [-0.25, -0.2) is 15.0 Å². The number of hydrogen-bond donors (Lipinski definition) is 0. The summed E-state index contributed by atoms with van der Waals surface area (Å²) in [6.45, 7) is 0. The Morgan fingerprint density at radius 1 is 0.302 bits per heavy atom. The van der Waals surface area contributed by atoms with Gasteiger partial charge in [-0.05, 0) is 50.9 Å². The summed E-state index contributed by atoms with van der Waals surface area (Å²) in [5, 5.41) is 5.58. The van der Waals surface area contributed by atoms with Crippen LogP contribution in [-0.4, -0.2) is 15.0 Å². The van der Waals surface area contributed by atoms with Crippen molar-refractivity contribution >= 4 is 43.6 Å². The normalized spacial score (nSPS) is 11.5. The van der Waals surface area contributed by atoms with Crippen LogP contribution in [0.15, 0.2) is 229 Å². The van der Waals surface area contributed by atoms with E-state index in [4.69, 9.17) is 19.4 Å². The van der Waals surface area contributed by atoms with Gasteiger partial charge in [-0.2, -0.15) is 0 Å². The van der Waals surface area contributed by atoms with Crippen molar-refractivity contribution in [3.8, 4) is 78.5 Å². The lowest BCUT2D eigenvalue weighted by Crippen LogP contribution is -1.96. The Morgan fingerprint density at radius 2 is 0.746 bits per heavy atom. The first-order chi connectivity index (χ1) is 31.2. The number of para-hydroxylation sites is 1. The maximum absolute atomic E-state index is 6.58. The van der Waals surface area contributed by atoms with Crippen molar-refractivity contribution in [1.82, 2.24) is 15.0 Å². The van der Waals surface area contributed by atoms with E-state index in [1.54, 1.807) is 0 Å². The predicted molar refractivity (Wildman–Crippen MR) is 260 cm³/mol. The van der Waals surface area contributed by atoms with Gasteiger partial charge in [-0.3, -0.25) is 0 Å². The topological polar surface area (TPSA) is 51.8 Å². The summed E-state index contributed by atoms with van der Waals surface area (Å²) >= 11 is 0. The summed E-state index contributed by atoms with van der Waals surface area (Å²) in [6.07, 6.45) is 0. The van der Waals surface area contributed by atoms with Crippen LogP contribution in [0, 0.1) is 0 Å². The number of rotatable bonds is 7. The van der Waals surface area contributed by atoms with Crippen LogP contribution in [0.25, 0.3) is 122 Å². The average molecular weight is 804 g/mol. The van der Waals surface area contributed by atoms with Crippen molar-refractivity contribution in [2.75, 3.05) is 0 Å². The van der Waals surface area contributed by atoms with E-state index in [0.717, 1.165) is 94.3 Å². The lowest BCUT2D eigenvalue weighted by Gasteiger charge is -2.12. The Labute approximate surface area is 364 Å². The lowest BCUT2D eigenvalue weighted by molar-refractivity contribution is 0.669. The predicted octanol–water partition coefficient (Wildman–Crippen LogP) is 15.7. The molecule has 3 aromatic heterocycles. The summed E-state index contributed by atoms with van der Waals surface area (Å²) in [6, 6.07) is 78.6. The number of benzene rings is 9. The Bertz CT molecular complexity index is 3520. The molecule has 9 aromatic carbocycles. The number of nitrogens with zero attached hydrogens (tertiary/aromatic N) is 3. The molecule has 4 nitrogen and oxygen atoms in total. The highest BCUT2D eigenvalue weighted by atomic mass is 16.3. The Hall–Kier alpha value is -8.47. The molecule has 0 N–H and O–H groups in total. The summed E-state index contributed by atoms with van der Waals surface area (Å²) in [5.74, 6) is 0.683. The number of aromatic nitrogens is 3. The minimum Gasteiger partial charge on any atom is -0.454 e. The fourth-order valence-corrected chi connectivity index (χ4v) is 8.85.